The van der Waals surface area contributed by atoms with Crippen molar-refractivity contribution in [2.75, 3.05) is 14.2 Å². The summed E-state index contributed by atoms with van der Waals surface area (Å²) in [6.07, 6.45) is 5.83. The van der Waals surface area contributed by atoms with Crippen LogP contribution in [0.5, 0.6) is 0 Å². The summed E-state index contributed by atoms with van der Waals surface area (Å²) < 4.78 is 10.3. The highest BCUT2D eigenvalue weighted by Crippen LogP contribution is 2.27. The van der Waals surface area contributed by atoms with Gasteiger partial charge in [0.15, 0.2) is 6.29 Å². The zero-order chi connectivity index (χ0) is 9.68. The summed E-state index contributed by atoms with van der Waals surface area (Å²) in [7, 11) is 3.37. The van der Waals surface area contributed by atoms with E-state index in [9.17, 15) is 0 Å². The SMILES string of the molecule is COC(C[C@@H]1CCCC[C@H]1N)OC. The van der Waals surface area contributed by atoms with Gasteiger partial charge in [-0.1, -0.05) is 12.8 Å². The Labute approximate surface area is 80.6 Å². The predicted octanol–water partition coefficient (Wildman–Crippen LogP) is 1.51. The maximum atomic E-state index is 6.03. The zero-order valence-electron chi connectivity index (χ0n) is 8.66. The van der Waals surface area contributed by atoms with E-state index in [0.717, 1.165) is 12.8 Å². The first kappa shape index (κ1) is 11.0. The molecule has 1 saturated carbocycles. The number of rotatable bonds is 4. The number of hydrogen-bond acceptors (Lipinski definition) is 3. The van der Waals surface area contributed by atoms with Gasteiger partial charge in [0.2, 0.25) is 0 Å². The molecule has 1 aliphatic rings. The van der Waals surface area contributed by atoms with E-state index < -0.39 is 0 Å². The normalized spacial score (nSPS) is 29.5. The van der Waals surface area contributed by atoms with Gasteiger partial charge in [0.25, 0.3) is 0 Å². The van der Waals surface area contributed by atoms with Crippen LogP contribution in [0.25, 0.3) is 0 Å². The van der Waals surface area contributed by atoms with Gasteiger partial charge in [-0.3, -0.25) is 0 Å². The Kier molecular flexibility index (Phi) is 4.70. The van der Waals surface area contributed by atoms with Gasteiger partial charge in [0, 0.05) is 26.7 Å². The minimum atomic E-state index is -0.0749. The quantitative estimate of drug-likeness (QED) is 0.678. The molecule has 0 amide bonds. The Morgan fingerprint density at radius 2 is 1.85 bits per heavy atom. The Morgan fingerprint density at radius 3 is 2.38 bits per heavy atom. The van der Waals surface area contributed by atoms with Crippen LogP contribution in [0.15, 0.2) is 0 Å². The molecule has 0 aromatic carbocycles. The maximum absolute atomic E-state index is 6.03. The average molecular weight is 187 g/mol. The Bertz CT molecular complexity index is 137. The van der Waals surface area contributed by atoms with Crippen LogP contribution in [0.4, 0.5) is 0 Å². The van der Waals surface area contributed by atoms with Crippen molar-refractivity contribution in [3.8, 4) is 0 Å². The molecule has 3 heteroatoms. The summed E-state index contributed by atoms with van der Waals surface area (Å²) in [6.45, 7) is 0. The minimum absolute atomic E-state index is 0.0749. The lowest BCUT2D eigenvalue weighted by Gasteiger charge is -2.30. The summed E-state index contributed by atoms with van der Waals surface area (Å²) in [4.78, 5) is 0. The first-order chi connectivity index (χ1) is 6.27. The Morgan fingerprint density at radius 1 is 1.23 bits per heavy atom. The molecule has 2 atom stereocenters. The molecule has 0 spiro atoms. The Balaban J connectivity index is 2.32. The van der Waals surface area contributed by atoms with Gasteiger partial charge in [-0.15, -0.1) is 0 Å². The van der Waals surface area contributed by atoms with Gasteiger partial charge in [-0.2, -0.15) is 0 Å². The highest BCUT2D eigenvalue weighted by Gasteiger charge is 2.24. The van der Waals surface area contributed by atoms with Crippen LogP contribution in [-0.2, 0) is 9.47 Å². The van der Waals surface area contributed by atoms with Gasteiger partial charge < -0.3 is 15.2 Å². The van der Waals surface area contributed by atoms with Crippen molar-refractivity contribution in [3.63, 3.8) is 0 Å². The molecule has 2 N–H and O–H groups in total. The van der Waals surface area contributed by atoms with Gasteiger partial charge in [-0.05, 0) is 18.8 Å². The van der Waals surface area contributed by atoms with Crippen LogP contribution in [0.2, 0.25) is 0 Å². The summed E-state index contributed by atoms with van der Waals surface area (Å²) in [6, 6.07) is 0.349. The number of ether oxygens (including phenoxy) is 2. The fraction of sp³-hybridized carbons (Fsp3) is 1.00. The molecule has 1 rings (SSSR count). The van der Waals surface area contributed by atoms with E-state index in [4.69, 9.17) is 15.2 Å². The molecular formula is C10H21NO2. The van der Waals surface area contributed by atoms with E-state index in [1.165, 1.54) is 19.3 Å². The molecule has 0 aliphatic heterocycles. The van der Waals surface area contributed by atoms with E-state index in [2.05, 4.69) is 0 Å². The van der Waals surface area contributed by atoms with Crippen molar-refractivity contribution in [2.24, 2.45) is 11.7 Å². The van der Waals surface area contributed by atoms with Crippen molar-refractivity contribution < 1.29 is 9.47 Å². The molecule has 0 aromatic heterocycles. The van der Waals surface area contributed by atoms with Crippen molar-refractivity contribution in [1.82, 2.24) is 0 Å². The van der Waals surface area contributed by atoms with Crippen molar-refractivity contribution >= 4 is 0 Å². The molecule has 0 saturated heterocycles. The number of hydrogen-bond donors (Lipinski definition) is 1. The van der Waals surface area contributed by atoms with Crippen LogP contribution in [0, 0.1) is 5.92 Å². The van der Waals surface area contributed by atoms with Crippen LogP contribution < -0.4 is 5.73 Å². The average Bonchev–Trinajstić information content (AvgIpc) is 2.17. The highest BCUT2D eigenvalue weighted by molar-refractivity contribution is 4.78. The fourth-order valence-corrected chi connectivity index (χ4v) is 2.06. The standard InChI is InChI=1S/C10H21NO2/c1-12-10(13-2)7-8-5-3-4-6-9(8)11/h8-10H,3-7,11H2,1-2H3/t8-,9+/m0/s1. The van der Waals surface area contributed by atoms with Crippen LogP contribution in [-0.4, -0.2) is 26.6 Å². The van der Waals surface area contributed by atoms with Crippen LogP contribution in [0.1, 0.15) is 32.1 Å². The third kappa shape index (κ3) is 3.25. The van der Waals surface area contributed by atoms with Crippen molar-refractivity contribution in [3.05, 3.63) is 0 Å². The lowest BCUT2D eigenvalue weighted by molar-refractivity contribution is -0.117. The van der Waals surface area contributed by atoms with E-state index in [1.807, 2.05) is 0 Å². The molecule has 0 bridgehead atoms. The van der Waals surface area contributed by atoms with Gasteiger partial charge in [-0.25, -0.2) is 0 Å². The largest absolute Gasteiger partial charge is 0.356 e. The predicted molar refractivity (Wildman–Crippen MR) is 52.4 cm³/mol. The van der Waals surface area contributed by atoms with E-state index in [-0.39, 0.29) is 6.29 Å². The lowest BCUT2D eigenvalue weighted by atomic mass is 9.83. The molecule has 0 aromatic rings. The van der Waals surface area contributed by atoms with Crippen LogP contribution in [0.3, 0.4) is 0 Å². The highest BCUT2D eigenvalue weighted by atomic mass is 16.7. The monoisotopic (exact) mass is 187 g/mol. The molecule has 13 heavy (non-hydrogen) atoms. The second kappa shape index (κ2) is 5.58. The summed E-state index contributed by atoms with van der Waals surface area (Å²) in [5.74, 6) is 0.582. The summed E-state index contributed by atoms with van der Waals surface area (Å²) >= 11 is 0. The summed E-state index contributed by atoms with van der Waals surface area (Å²) in [5.41, 5.74) is 6.03. The first-order valence-corrected chi connectivity index (χ1v) is 5.09. The van der Waals surface area contributed by atoms with Gasteiger partial charge >= 0.3 is 0 Å². The molecule has 0 heterocycles. The number of nitrogens with two attached hydrogens (primary N) is 1. The Hall–Kier alpha value is -0.120. The maximum Gasteiger partial charge on any atom is 0.157 e. The third-order valence-electron chi connectivity index (χ3n) is 2.99. The zero-order valence-corrected chi connectivity index (χ0v) is 8.66. The van der Waals surface area contributed by atoms with Gasteiger partial charge in [0.05, 0.1) is 0 Å². The smallest absolute Gasteiger partial charge is 0.157 e. The molecular weight excluding hydrogens is 166 g/mol. The molecule has 1 fully saturated rings. The second-order valence-corrected chi connectivity index (χ2v) is 3.85. The van der Waals surface area contributed by atoms with Gasteiger partial charge in [0.1, 0.15) is 0 Å². The van der Waals surface area contributed by atoms with Crippen molar-refractivity contribution in [1.29, 1.82) is 0 Å². The minimum Gasteiger partial charge on any atom is -0.356 e. The van der Waals surface area contributed by atoms with Crippen molar-refractivity contribution in [2.45, 2.75) is 44.4 Å². The lowest BCUT2D eigenvalue weighted by Crippen LogP contribution is -2.35. The molecule has 0 unspecified atom stereocenters. The summed E-state index contributed by atoms with van der Waals surface area (Å²) in [5, 5.41) is 0. The topological polar surface area (TPSA) is 44.5 Å². The van der Waals surface area contributed by atoms with Crippen LogP contribution >= 0.6 is 0 Å². The van der Waals surface area contributed by atoms with E-state index in [0.29, 0.717) is 12.0 Å². The second-order valence-electron chi connectivity index (χ2n) is 3.85. The molecule has 1 aliphatic carbocycles. The van der Waals surface area contributed by atoms with E-state index in [1.54, 1.807) is 14.2 Å². The molecule has 3 nitrogen and oxygen atoms in total. The first-order valence-electron chi connectivity index (χ1n) is 5.09. The number of methoxy groups -OCH3 is 2. The van der Waals surface area contributed by atoms with E-state index >= 15 is 0 Å². The molecule has 0 radical (unpaired) electrons. The third-order valence-corrected chi connectivity index (χ3v) is 2.99. The fourth-order valence-electron chi connectivity index (χ4n) is 2.06. The molecule has 78 valence electrons.